The molecule has 2 N–H and O–H groups in total. The van der Waals surface area contributed by atoms with Crippen LogP contribution in [0, 0.1) is 0 Å². The molecule has 7 heteroatoms. The molecule has 0 bridgehead atoms. The second-order valence-corrected chi connectivity index (χ2v) is 6.63. The first-order valence-electron chi connectivity index (χ1n) is 8.20. The summed E-state index contributed by atoms with van der Waals surface area (Å²) in [7, 11) is 1.79. The van der Waals surface area contributed by atoms with E-state index < -0.39 is 0 Å². The van der Waals surface area contributed by atoms with Crippen LogP contribution in [0.1, 0.15) is 16.0 Å². The summed E-state index contributed by atoms with van der Waals surface area (Å²) in [6, 6.07) is 12.7. The highest BCUT2D eigenvalue weighted by Gasteiger charge is 2.01. The lowest BCUT2D eigenvalue weighted by molar-refractivity contribution is 0.683. The smallest absolute Gasteiger partial charge is 0.191 e. The van der Waals surface area contributed by atoms with Gasteiger partial charge in [-0.05, 0) is 29.0 Å². The van der Waals surface area contributed by atoms with E-state index in [0.29, 0.717) is 0 Å². The first-order valence-corrected chi connectivity index (χ1v) is 9.08. The maximum atomic E-state index is 4.28. The minimum absolute atomic E-state index is 0.724. The molecule has 0 aliphatic carbocycles. The molecule has 0 atom stereocenters. The van der Waals surface area contributed by atoms with Gasteiger partial charge in [0.25, 0.3) is 0 Å². The monoisotopic (exact) mass is 354 g/mol. The lowest BCUT2D eigenvalue weighted by Crippen LogP contribution is -2.37. The quantitative estimate of drug-likeness (QED) is 0.505. The van der Waals surface area contributed by atoms with Gasteiger partial charge in [0.15, 0.2) is 5.96 Å². The molecule has 0 aliphatic heterocycles. The van der Waals surface area contributed by atoms with Gasteiger partial charge in [-0.2, -0.15) is 5.10 Å². The van der Waals surface area contributed by atoms with Gasteiger partial charge in [0.2, 0.25) is 0 Å². The van der Waals surface area contributed by atoms with Crippen molar-refractivity contribution in [3.63, 3.8) is 0 Å². The van der Waals surface area contributed by atoms with E-state index in [-0.39, 0.29) is 0 Å². The maximum Gasteiger partial charge on any atom is 0.191 e. The van der Waals surface area contributed by atoms with Crippen molar-refractivity contribution in [1.29, 1.82) is 0 Å². The van der Waals surface area contributed by atoms with Crippen molar-refractivity contribution >= 4 is 17.3 Å². The van der Waals surface area contributed by atoms with Crippen LogP contribution in [-0.4, -0.2) is 34.3 Å². The van der Waals surface area contributed by atoms with E-state index in [9.17, 15) is 0 Å². The van der Waals surface area contributed by atoms with Crippen molar-refractivity contribution in [3.8, 4) is 0 Å². The Morgan fingerprint density at radius 1 is 1.20 bits per heavy atom. The zero-order valence-corrected chi connectivity index (χ0v) is 15.0. The zero-order valence-electron chi connectivity index (χ0n) is 14.2. The number of aromatic nitrogens is 3. The van der Waals surface area contributed by atoms with E-state index >= 15 is 0 Å². The van der Waals surface area contributed by atoms with Crippen molar-refractivity contribution in [2.45, 2.75) is 19.5 Å². The van der Waals surface area contributed by atoms with Gasteiger partial charge >= 0.3 is 0 Å². The lowest BCUT2D eigenvalue weighted by Gasteiger charge is -2.12. The summed E-state index contributed by atoms with van der Waals surface area (Å²) >= 11 is 1.78. The molecule has 0 unspecified atom stereocenters. The second-order valence-electron chi connectivity index (χ2n) is 5.59. The van der Waals surface area contributed by atoms with E-state index in [4.69, 9.17) is 0 Å². The van der Waals surface area contributed by atoms with Crippen LogP contribution in [-0.2, 0) is 19.5 Å². The largest absolute Gasteiger partial charge is 0.356 e. The molecular weight excluding hydrogens is 332 g/mol. The Morgan fingerprint density at radius 2 is 2.12 bits per heavy atom. The molecule has 1 aromatic carbocycles. The molecule has 130 valence electrons. The maximum absolute atomic E-state index is 4.28. The van der Waals surface area contributed by atoms with Crippen molar-refractivity contribution in [1.82, 2.24) is 25.4 Å². The first kappa shape index (κ1) is 17.2. The van der Waals surface area contributed by atoms with Gasteiger partial charge < -0.3 is 10.6 Å². The van der Waals surface area contributed by atoms with E-state index in [1.54, 1.807) is 31.0 Å². The van der Waals surface area contributed by atoms with E-state index in [1.165, 1.54) is 16.0 Å². The Kier molecular flexibility index (Phi) is 6.17. The van der Waals surface area contributed by atoms with Crippen LogP contribution in [0.25, 0.3) is 0 Å². The summed E-state index contributed by atoms with van der Waals surface area (Å²) in [6.45, 7) is 2.32. The molecule has 3 aromatic rings. The third-order valence-electron chi connectivity index (χ3n) is 3.73. The summed E-state index contributed by atoms with van der Waals surface area (Å²) < 4.78 is 1.82. The minimum atomic E-state index is 0.724. The molecule has 0 saturated carbocycles. The Hall–Kier alpha value is -2.67. The van der Waals surface area contributed by atoms with Crippen LogP contribution in [0.3, 0.4) is 0 Å². The number of guanidine groups is 1. The summed E-state index contributed by atoms with van der Waals surface area (Å²) in [5, 5.41) is 13.0. The fourth-order valence-electron chi connectivity index (χ4n) is 2.50. The van der Waals surface area contributed by atoms with Crippen LogP contribution >= 0.6 is 11.3 Å². The predicted octanol–water partition coefficient (Wildman–Crippen LogP) is 2.30. The first-order chi connectivity index (χ1) is 12.3. The lowest BCUT2D eigenvalue weighted by atomic mass is 10.1. The summed E-state index contributed by atoms with van der Waals surface area (Å²) in [5.74, 6) is 0.818. The molecule has 2 heterocycles. The molecular formula is C18H22N6S. The van der Waals surface area contributed by atoms with Crippen LogP contribution in [0.2, 0.25) is 0 Å². The molecule has 3 rings (SSSR count). The molecule has 0 fully saturated rings. The molecule has 0 amide bonds. The standard InChI is InChI=1S/C18H22N6S/c1-19-18(21-8-7-17-6-3-9-25-17)22-11-15-4-2-5-16(10-15)12-24-14-20-13-23-24/h2-6,9-10,13-14H,7-8,11-12H2,1H3,(H2,19,21,22). The van der Waals surface area contributed by atoms with Crippen molar-refractivity contribution < 1.29 is 0 Å². The fourth-order valence-corrected chi connectivity index (χ4v) is 3.21. The number of nitrogens with one attached hydrogen (secondary N) is 2. The number of nitrogens with zero attached hydrogens (tertiary/aromatic N) is 4. The van der Waals surface area contributed by atoms with Gasteiger partial charge in [-0.15, -0.1) is 11.3 Å². The average Bonchev–Trinajstić information content (AvgIpc) is 3.32. The van der Waals surface area contributed by atoms with Gasteiger partial charge in [0.05, 0.1) is 6.54 Å². The number of hydrogen-bond acceptors (Lipinski definition) is 4. The Balaban J connectivity index is 1.47. The zero-order chi connectivity index (χ0) is 17.3. The van der Waals surface area contributed by atoms with E-state index in [0.717, 1.165) is 32.0 Å². The summed E-state index contributed by atoms with van der Waals surface area (Å²) in [5.41, 5.74) is 2.41. The van der Waals surface area contributed by atoms with Crippen LogP contribution in [0.4, 0.5) is 0 Å². The number of rotatable bonds is 7. The topological polar surface area (TPSA) is 67.1 Å². The molecule has 25 heavy (non-hydrogen) atoms. The van der Waals surface area contributed by atoms with Crippen molar-refractivity contribution in [2.75, 3.05) is 13.6 Å². The van der Waals surface area contributed by atoms with Crippen molar-refractivity contribution in [3.05, 3.63) is 70.4 Å². The minimum Gasteiger partial charge on any atom is -0.356 e. The van der Waals surface area contributed by atoms with Crippen molar-refractivity contribution in [2.24, 2.45) is 4.99 Å². The third kappa shape index (κ3) is 5.42. The second kappa shape index (κ2) is 8.98. The highest BCUT2D eigenvalue weighted by Crippen LogP contribution is 2.08. The van der Waals surface area contributed by atoms with Crippen LogP contribution < -0.4 is 10.6 Å². The van der Waals surface area contributed by atoms with E-state index in [2.05, 4.69) is 67.5 Å². The van der Waals surface area contributed by atoms with Gasteiger partial charge in [-0.25, -0.2) is 9.67 Å². The molecule has 0 radical (unpaired) electrons. The molecule has 2 aromatic heterocycles. The third-order valence-corrected chi connectivity index (χ3v) is 4.67. The summed E-state index contributed by atoms with van der Waals surface area (Å²) in [6.07, 6.45) is 4.29. The SMILES string of the molecule is CN=C(NCCc1cccs1)NCc1cccc(Cn2cncn2)c1. The Bertz CT molecular complexity index is 780. The number of aliphatic imine (C=N–C) groups is 1. The Labute approximate surface area is 151 Å². The Morgan fingerprint density at radius 3 is 2.88 bits per heavy atom. The molecule has 0 aliphatic rings. The van der Waals surface area contributed by atoms with Crippen LogP contribution in [0.15, 0.2) is 59.4 Å². The fraction of sp³-hybridized carbons (Fsp3) is 0.278. The number of benzene rings is 1. The summed E-state index contributed by atoms with van der Waals surface area (Å²) in [4.78, 5) is 9.63. The van der Waals surface area contributed by atoms with Gasteiger partial charge in [0, 0.05) is 25.0 Å². The van der Waals surface area contributed by atoms with E-state index in [1.807, 2.05) is 4.68 Å². The van der Waals surface area contributed by atoms with Crippen LogP contribution in [0.5, 0.6) is 0 Å². The number of thiophene rings is 1. The highest BCUT2D eigenvalue weighted by atomic mass is 32.1. The van der Waals surface area contributed by atoms with Gasteiger partial charge in [0.1, 0.15) is 12.7 Å². The molecule has 6 nitrogen and oxygen atoms in total. The predicted molar refractivity (Wildman–Crippen MR) is 102 cm³/mol. The average molecular weight is 354 g/mol. The molecule has 0 saturated heterocycles. The van der Waals surface area contributed by atoms with Gasteiger partial charge in [-0.3, -0.25) is 4.99 Å². The van der Waals surface area contributed by atoms with Gasteiger partial charge in [-0.1, -0.05) is 30.3 Å². The number of hydrogen-bond donors (Lipinski definition) is 2. The highest BCUT2D eigenvalue weighted by molar-refractivity contribution is 7.09. The molecule has 0 spiro atoms. The normalized spacial score (nSPS) is 11.5.